The molecule has 0 aromatic carbocycles. The highest BCUT2D eigenvalue weighted by Crippen LogP contribution is 2.16. The molecule has 0 saturated carbocycles. The van der Waals surface area contributed by atoms with Crippen LogP contribution in [0.5, 0.6) is 0 Å². The van der Waals surface area contributed by atoms with Crippen molar-refractivity contribution in [1.82, 2.24) is 5.32 Å². The molecule has 144 valence electrons. The molecule has 0 bridgehead atoms. The fourth-order valence-corrected chi connectivity index (χ4v) is 6.84. The quantitative estimate of drug-likeness (QED) is 0.340. The highest BCUT2D eigenvalue weighted by Gasteiger charge is 2.23. The molecule has 6 heteroatoms. The maximum Gasteiger partial charge on any atom is 0.186 e. The van der Waals surface area contributed by atoms with Crippen LogP contribution >= 0.6 is 0 Å². The maximum absolute atomic E-state index is 12.2. The summed E-state index contributed by atoms with van der Waals surface area (Å²) in [6, 6.07) is 2.25. The molecule has 0 aliphatic heterocycles. The predicted octanol–water partition coefficient (Wildman–Crippen LogP) is 4.43. The van der Waals surface area contributed by atoms with Gasteiger partial charge in [-0.3, -0.25) is 4.79 Å². The third-order valence-electron chi connectivity index (χ3n) is 4.40. The molecule has 0 amide bonds. The van der Waals surface area contributed by atoms with Crippen molar-refractivity contribution in [3.05, 3.63) is 0 Å². The molecule has 1 N–H and O–H groups in total. The summed E-state index contributed by atoms with van der Waals surface area (Å²) in [6.07, 6.45) is 2.79. The number of Topliss-reactive ketones (excluding diaryl/α,β-unsaturated/α-hetero) is 1. The lowest BCUT2D eigenvalue weighted by molar-refractivity contribution is -0.122. The largest absolute Gasteiger partial charge is 0.418 e. The molecule has 0 rings (SSSR count). The summed E-state index contributed by atoms with van der Waals surface area (Å²) >= 11 is 0. The van der Waals surface area contributed by atoms with E-state index in [1.54, 1.807) is 0 Å². The van der Waals surface area contributed by atoms with Crippen LogP contribution in [0.2, 0.25) is 38.3 Å². The Morgan fingerprint density at radius 3 is 1.96 bits per heavy atom. The molecule has 0 aliphatic rings. The van der Waals surface area contributed by atoms with Crippen molar-refractivity contribution < 1.29 is 13.6 Å². The van der Waals surface area contributed by atoms with E-state index in [1.165, 1.54) is 6.04 Å². The molecule has 1 unspecified atom stereocenters. The van der Waals surface area contributed by atoms with E-state index in [0.717, 1.165) is 45.2 Å². The van der Waals surface area contributed by atoms with E-state index < -0.39 is 16.6 Å². The minimum Gasteiger partial charge on any atom is -0.418 e. The average molecular weight is 376 g/mol. The van der Waals surface area contributed by atoms with Crippen LogP contribution in [0.3, 0.4) is 0 Å². The summed E-state index contributed by atoms with van der Waals surface area (Å²) in [5.74, 6) is 0.492. The summed E-state index contributed by atoms with van der Waals surface area (Å²) in [5, 5.41) is 3.44. The summed E-state index contributed by atoms with van der Waals surface area (Å²) in [4.78, 5) is 12.2. The van der Waals surface area contributed by atoms with Crippen molar-refractivity contribution in [3.8, 4) is 0 Å². The first kappa shape index (κ1) is 24.0. The van der Waals surface area contributed by atoms with Gasteiger partial charge in [0.1, 0.15) is 5.78 Å². The number of carbonyl (C=O) groups excluding carboxylic acids is 1. The van der Waals surface area contributed by atoms with E-state index in [0.29, 0.717) is 12.2 Å². The summed E-state index contributed by atoms with van der Waals surface area (Å²) in [6.45, 7) is 18.6. The van der Waals surface area contributed by atoms with Gasteiger partial charge in [0, 0.05) is 32.1 Å². The van der Waals surface area contributed by atoms with Crippen LogP contribution in [0.15, 0.2) is 0 Å². The molecular weight excluding hydrogens is 334 g/mol. The van der Waals surface area contributed by atoms with Crippen LogP contribution in [0.25, 0.3) is 0 Å². The fourth-order valence-electron chi connectivity index (χ4n) is 2.93. The Morgan fingerprint density at radius 2 is 1.46 bits per heavy atom. The van der Waals surface area contributed by atoms with Crippen LogP contribution < -0.4 is 5.32 Å². The molecule has 0 fully saturated rings. The van der Waals surface area contributed by atoms with Gasteiger partial charge < -0.3 is 14.2 Å². The van der Waals surface area contributed by atoms with Crippen molar-refractivity contribution in [2.75, 3.05) is 26.3 Å². The molecule has 0 heterocycles. The Labute approximate surface area is 152 Å². The second-order valence-corrected chi connectivity index (χ2v) is 16.5. The Bertz CT molecular complexity index is 349. The number of carbonyl (C=O) groups is 1. The lowest BCUT2D eigenvalue weighted by atomic mass is 10.0. The van der Waals surface area contributed by atoms with Crippen molar-refractivity contribution in [3.63, 3.8) is 0 Å². The number of rotatable bonds is 15. The van der Waals surface area contributed by atoms with Gasteiger partial charge in [-0.15, -0.1) is 0 Å². The fraction of sp³-hybridized carbons (Fsp3) is 0.944. The summed E-state index contributed by atoms with van der Waals surface area (Å²) < 4.78 is 11.7. The van der Waals surface area contributed by atoms with Crippen LogP contribution in [0.1, 0.15) is 40.0 Å². The minimum atomic E-state index is -1.54. The van der Waals surface area contributed by atoms with Crippen molar-refractivity contribution in [1.29, 1.82) is 0 Å². The van der Waals surface area contributed by atoms with Gasteiger partial charge in [-0.1, -0.05) is 6.92 Å². The Kier molecular flexibility index (Phi) is 12.3. The maximum atomic E-state index is 12.2. The van der Waals surface area contributed by atoms with E-state index in [9.17, 15) is 4.79 Å². The van der Waals surface area contributed by atoms with Crippen LogP contribution in [-0.4, -0.2) is 48.7 Å². The van der Waals surface area contributed by atoms with Crippen LogP contribution in [-0.2, 0) is 13.6 Å². The van der Waals surface area contributed by atoms with E-state index >= 15 is 0 Å². The molecule has 0 aromatic heterocycles. The van der Waals surface area contributed by atoms with E-state index in [4.69, 9.17) is 8.85 Å². The first-order valence-electron chi connectivity index (χ1n) is 9.65. The lowest BCUT2D eigenvalue weighted by Gasteiger charge is -2.22. The Balaban J connectivity index is 3.80. The standard InChI is InChI=1S/C18H41NO3Si2/c1-8-21-23(4,5)14-10-12-18(20)17(3)16-19-13-11-15-24(6,7)22-9-2/h17,19H,8-16H2,1-7H3. The SMILES string of the molecule is CCO[Si](C)(C)CCCNCC(C)C(=O)CCC[Si](C)(C)OCC. The van der Waals surface area contributed by atoms with Gasteiger partial charge in [-0.05, 0) is 71.5 Å². The van der Waals surface area contributed by atoms with E-state index in [2.05, 4.69) is 38.4 Å². The number of ketones is 1. The van der Waals surface area contributed by atoms with Gasteiger partial charge in [-0.2, -0.15) is 0 Å². The zero-order valence-corrected chi connectivity index (χ0v) is 19.2. The monoisotopic (exact) mass is 375 g/mol. The second kappa shape index (κ2) is 12.4. The molecule has 0 spiro atoms. The van der Waals surface area contributed by atoms with Crippen molar-refractivity contribution in [2.24, 2.45) is 5.92 Å². The Hall–Kier alpha value is -0.0162. The van der Waals surface area contributed by atoms with E-state index in [1.807, 2.05) is 13.8 Å². The average Bonchev–Trinajstić information content (AvgIpc) is 2.45. The van der Waals surface area contributed by atoms with Crippen molar-refractivity contribution >= 4 is 22.4 Å². The van der Waals surface area contributed by atoms with Gasteiger partial charge in [0.2, 0.25) is 0 Å². The van der Waals surface area contributed by atoms with Gasteiger partial charge in [0.25, 0.3) is 0 Å². The zero-order chi connectivity index (χ0) is 18.6. The third kappa shape index (κ3) is 12.4. The van der Waals surface area contributed by atoms with Gasteiger partial charge >= 0.3 is 0 Å². The van der Waals surface area contributed by atoms with Gasteiger partial charge in [-0.25, -0.2) is 0 Å². The molecular formula is C18H41NO3Si2. The third-order valence-corrected chi connectivity index (χ3v) is 9.66. The first-order valence-corrected chi connectivity index (χ1v) is 15.9. The summed E-state index contributed by atoms with van der Waals surface area (Å²) in [7, 11) is -3.00. The normalized spacial score (nSPS) is 14.0. The zero-order valence-electron chi connectivity index (χ0n) is 17.2. The highest BCUT2D eigenvalue weighted by molar-refractivity contribution is 6.71. The molecule has 4 nitrogen and oxygen atoms in total. The van der Waals surface area contributed by atoms with Gasteiger partial charge in [0.05, 0.1) is 0 Å². The molecule has 0 radical (unpaired) electrons. The van der Waals surface area contributed by atoms with Crippen LogP contribution in [0.4, 0.5) is 0 Å². The number of hydrogen-bond acceptors (Lipinski definition) is 4. The Morgan fingerprint density at radius 1 is 0.958 bits per heavy atom. The molecule has 0 saturated heterocycles. The summed E-state index contributed by atoms with van der Waals surface area (Å²) in [5.41, 5.74) is 0. The number of hydrogen-bond donors (Lipinski definition) is 1. The predicted molar refractivity (Wildman–Crippen MR) is 109 cm³/mol. The highest BCUT2D eigenvalue weighted by atomic mass is 28.4. The molecule has 24 heavy (non-hydrogen) atoms. The smallest absolute Gasteiger partial charge is 0.186 e. The van der Waals surface area contributed by atoms with E-state index in [-0.39, 0.29) is 5.92 Å². The topological polar surface area (TPSA) is 47.6 Å². The van der Waals surface area contributed by atoms with Gasteiger partial charge in [0.15, 0.2) is 16.6 Å². The number of nitrogens with one attached hydrogen (secondary N) is 1. The minimum absolute atomic E-state index is 0.110. The first-order chi connectivity index (χ1) is 11.1. The molecule has 0 aromatic rings. The van der Waals surface area contributed by atoms with Crippen LogP contribution in [0, 0.1) is 5.92 Å². The second-order valence-electron chi connectivity index (χ2n) is 7.91. The lowest BCUT2D eigenvalue weighted by Crippen LogP contribution is -2.33. The molecule has 0 aliphatic carbocycles. The molecule has 1 atom stereocenters. The van der Waals surface area contributed by atoms with Crippen molar-refractivity contribution in [2.45, 2.75) is 78.3 Å².